The molecule has 1 atom stereocenters. The third-order valence-electron chi connectivity index (χ3n) is 3.30. The largest absolute Gasteiger partial charge is 0.466 e. The summed E-state index contributed by atoms with van der Waals surface area (Å²) in [6.45, 7) is 0. The van der Waals surface area contributed by atoms with E-state index in [0.29, 0.717) is 0 Å². The van der Waals surface area contributed by atoms with Crippen LogP contribution in [-0.2, 0) is 9.53 Å². The van der Waals surface area contributed by atoms with Crippen molar-refractivity contribution < 1.29 is 23.1 Å². The lowest BCUT2D eigenvalue weighted by Crippen LogP contribution is -2.44. The fourth-order valence-corrected chi connectivity index (χ4v) is 2.27. The van der Waals surface area contributed by atoms with Crippen LogP contribution in [0.25, 0.3) is 0 Å². The van der Waals surface area contributed by atoms with Crippen LogP contribution in [0, 0.1) is 11.6 Å². The van der Waals surface area contributed by atoms with E-state index in [1.165, 1.54) is 43.3 Å². The Hall–Kier alpha value is -2.44. The van der Waals surface area contributed by atoms with Crippen LogP contribution in [0.15, 0.2) is 30.0 Å². The second-order valence-electron chi connectivity index (χ2n) is 4.66. The molecule has 1 aromatic carbocycles. The fraction of sp³-hybridized carbons (Fsp3) is 0.286. The molecule has 1 aliphatic rings. The van der Waals surface area contributed by atoms with E-state index in [4.69, 9.17) is 0 Å². The number of methoxy groups -OCH3 is 1. The van der Waals surface area contributed by atoms with Crippen molar-refractivity contribution in [2.24, 2.45) is 0 Å². The Balaban J connectivity index is 2.55. The van der Waals surface area contributed by atoms with Crippen LogP contribution >= 0.6 is 0 Å². The summed E-state index contributed by atoms with van der Waals surface area (Å²) in [5, 5.41) is 0. The summed E-state index contributed by atoms with van der Waals surface area (Å²) in [5.74, 6) is -2.68. The van der Waals surface area contributed by atoms with Gasteiger partial charge in [-0.3, -0.25) is 0 Å². The van der Waals surface area contributed by atoms with E-state index in [0.717, 1.165) is 12.1 Å². The van der Waals surface area contributed by atoms with Crippen LogP contribution in [-0.4, -0.2) is 43.0 Å². The summed E-state index contributed by atoms with van der Waals surface area (Å²) in [4.78, 5) is 26.4. The molecule has 7 heteroatoms. The Morgan fingerprint density at radius 2 is 1.90 bits per heavy atom. The highest BCUT2D eigenvalue weighted by molar-refractivity contribution is 5.93. The summed E-state index contributed by atoms with van der Waals surface area (Å²) in [6, 6.07) is 2.03. The van der Waals surface area contributed by atoms with Crippen LogP contribution < -0.4 is 0 Å². The van der Waals surface area contributed by atoms with Crippen LogP contribution in [0.1, 0.15) is 11.6 Å². The van der Waals surface area contributed by atoms with Gasteiger partial charge in [-0.15, -0.1) is 0 Å². The number of amides is 2. The van der Waals surface area contributed by atoms with Crippen molar-refractivity contribution >= 4 is 12.0 Å². The number of urea groups is 1. The molecule has 112 valence electrons. The van der Waals surface area contributed by atoms with Gasteiger partial charge < -0.3 is 14.5 Å². The lowest BCUT2D eigenvalue weighted by atomic mass is 9.96. The molecule has 0 unspecified atom stereocenters. The van der Waals surface area contributed by atoms with E-state index in [1.54, 1.807) is 0 Å². The zero-order valence-electron chi connectivity index (χ0n) is 11.8. The van der Waals surface area contributed by atoms with Crippen LogP contribution in [0.3, 0.4) is 0 Å². The molecular weight excluding hydrogens is 282 g/mol. The van der Waals surface area contributed by atoms with Crippen molar-refractivity contribution in [3.63, 3.8) is 0 Å². The second-order valence-corrected chi connectivity index (χ2v) is 4.66. The minimum absolute atomic E-state index is 0.160. The van der Waals surface area contributed by atoms with Gasteiger partial charge in [0.25, 0.3) is 0 Å². The van der Waals surface area contributed by atoms with Crippen molar-refractivity contribution in [2.75, 3.05) is 21.2 Å². The molecule has 2 rings (SSSR count). The number of hydrogen-bond donors (Lipinski definition) is 0. The van der Waals surface area contributed by atoms with Crippen molar-refractivity contribution in [3.05, 3.63) is 47.2 Å². The average molecular weight is 296 g/mol. The third-order valence-corrected chi connectivity index (χ3v) is 3.30. The Kier molecular flexibility index (Phi) is 3.93. The predicted octanol–water partition coefficient (Wildman–Crippen LogP) is 2.06. The highest BCUT2D eigenvalue weighted by atomic mass is 19.2. The lowest BCUT2D eigenvalue weighted by molar-refractivity contribution is -0.137. The monoisotopic (exact) mass is 296 g/mol. The summed E-state index contributed by atoms with van der Waals surface area (Å²) < 4.78 is 31.2. The van der Waals surface area contributed by atoms with Gasteiger partial charge in [0.15, 0.2) is 11.6 Å². The minimum Gasteiger partial charge on any atom is -0.466 e. The molecule has 0 aliphatic carbocycles. The van der Waals surface area contributed by atoms with Gasteiger partial charge in [-0.25, -0.2) is 18.4 Å². The first-order chi connectivity index (χ1) is 9.86. The summed E-state index contributed by atoms with van der Waals surface area (Å²) in [6.07, 6.45) is 1.33. The van der Waals surface area contributed by atoms with Gasteiger partial charge in [0, 0.05) is 20.3 Å². The smallest absolute Gasteiger partial charge is 0.337 e. The van der Waals surface area contributed by atoms with Gasteiger partial charge in [-0.1, -0.05) is 6.07 Å². The fourth-order valence-electron chi connectivity index (χ4n) is 2.27. The Labute approximate surface area is 120 Å². The van der Waals surface area contributed by atoms with E-state index < -0.39 is 23.6 Å². The predicted molar refractivity (Wildman–Crippen MR) is 70.1 cm³/mol. The van der Waals surface area contributed by atoms with Gasteiger partial charge in [0.05, 0.1) is 18.7 Å². The molecule has 0 aromatic heterocycles. The number of halogens is 2. The number of rotatable bonds is 2. The summed E-state index contributed by atoms with van der Waals surface area (Å²) >= 11 is 0. The molecule has 5 nitrogen and oxygen atoms in total. The van der Waals surface area contributed by atoms with Gasteiger partial charge in [-0.2, -0.15) is 0 Å². The van der Waals surface area contributed by atoms with Crippen LogP contribution in [0.5, 0.6) is 0 Å². The maximum absolute atomic E-state index is 13.4. The third kappa shape index (κ3) is 2.58. The van der Waals surface area contributed by atoms with Crippen LogP contribution in [0.2, 0.25) is 0 Å². The molecular formula is C14H14F2N2O3. The Morgan fingerprint density at radius 3 is 2.48 bits per heavy atom. The quantitative estimate of drug-likeness (QED) is 0.785. The number of carbonyl (C=O) groups is 2. The highest BCUT2D eigenvalue weighted by Crippen LogP contribution is 2.33. The first kappa shape index (κ1) is 15.0. The maximum atomic E-state index is 13.4. The van der Waals surface area contributed by atoms with E-state index in [1.807, 2.05) is 0 Å². The molecule has 0 spiro atoms. The Morgan fingerprint density at radius 1 is 1.24 bits per heavy atom. The number of likely N-dealkylation sites (N-methyl/N-ethyl adjacent to an activating group) is 1. The summed E-state index contributed by atoms with van der Waals surface area (Å²) in [5.41, 5.74) is 0.447. The maximum Gasteiger partial charge on any atom is 0.337 e. The number of benzene rings is 1. The van der Waals surface area contributed by atoms with E-state index in [-0.39, 0.29) is 17.2 Å². The topological polar surface area (TPSA) is 49.9 Å². The molecule has 0 bridgehead atoms. The average Bonchev–Trinajstić information content (AvgIpc) is 2.46. The van der Waals surface area contributed by atoms with Crippen molar-refractivity contribution in [3.8, 4) is 0 Å². The van der Waals surface area contributed by atoms with Crippen molar-refractivity contribution in [2.45, 2.75) is 6.04 Å². The molecule has 0 saturated heterocycles. The molecule has 1 heterocycles. The number of ether oxygens (including phenoxy) is 1. The number of esters is 1. The van der Waals surface area contributed by atoms with Crippen molar-refractivity contribution in [1.29, 1.82) is 0 Å². The van der Waals surface area contributed by atoms with Gasteiger partial charge >= 0.3 is 12.0 Å². The highest BCUT2D eigenvalue weighted by Gasteiger charge is 2.36. The van der Waals surface area contributed by atoms with Gasteiger partial charge in [0.2, 0.25) is 0 Å². The number of nitrogens with zero attached hydrogens (tertiary/aromatic N) is 2. The zero-order valence-corrected chi connectivity index (χ0v) is 11.8. The molecule has 21 heavy (non-hydrogen) atoms. The summed E-state index contributed by atoms with van der Waals surface area (Å²) in [7, 11) is 4.17. The molecule has 0 fully saturated rings. The van der Waals surface area contributed by atoms with Crippen LogP contribution in [0.4, 0.5) is 13.6 Å². The molecule has 2 amide bonds. The van der Waals surface area contributed by atoms with Gasteiger partial charge in [-0.05, 0) is 17.7 Å². The number of hydrogen-bond acceptors (Lipinski definition) is 3. The lowest BCUT2D eigenvalue weighted by Gasteiger charge is -2.36. The molecule has 1 aliphatic heterocycles. The standard InChI is InChI=1S/C14H14F2N2O3/c1-17-7-9(13(19)21-3)12(18(2)14(17)20)8-4-5-10(15)11(16)6-8/h4-7,12H,1-3H3/t12-/m1/s1. The molecule has 0 N–H and O–H groups in total. The normalized spacial score (nSPS) is 18.6. The number of carbonyl (C=O) groups excluding carboxylic acids is 2. The van der Waals surface area contributed by atoms with E-state index >= 15 is 0 Å². The molecule has 1 aromatic rings. The first-order valence-electron chi connectivity index (χ1n) is 6.11. The van der Waals surface area contributed by atoms with Crippen molar-refractivity contribution in [1.82, 2.24) is 9.80 Å². The molecule has 0 radical (unpaired) electrons. The molecule has 0 saturated carbocycles. The van der Waals surface area contributed by atoms with E-state index in [9.17, 15) is 18.4 Å². The second kappa shape index (κ2) is 5.51. The Bertz CT molecular complexity index is 631. The van der Waals surface area contributed by atoms with Gasteiger partial charge in [0.1, 0.15) is 0 Å². The SMILES string of the molecule is COC(=O)C1=CN(C)C(=O)N(C)[C@@H]1c1ccc(F)c(F)c1. The zero-order chi connectivity index (χ0) is 15.7. The first-order valence-corrected chi connectivity index (χ1v) is 6.11. The minimum atomic E-state index is -1.04. The van der Waals surface area contributed by atoms with E-state index in [2.05, 4.69) is 4.74 Å².